The second-order valence-corrected chi connectivity index (χ2v) is 6.21. The molecule has 25 heavy (non-hydrogen) atoms. The van der Waals surface area contributed by atoms with Crippen molar-refractivity contribution in [3.63, 3.8) is 0 Å². The van der Waals surface area contributed by atoms with Crippen LogP contribution in [-0.2, 0) is 6.54 Å². The van der Waals surface area contributed by atoms with Crippen LogP contribution < -0.4 is 15.6 Å². The van der Waals surface area contributed by atoms with Crippen LogP contribution in [-0.4, -0.2) is 21.8 Å². The molecule has 134 valence electrons. The Morgan fingerprint density at radius 2 is 1.84 bits per heavy atom. The van der Waals surface area contributed by atoms with Crippen LogP contribution in [0.2, 0.25) is 0 Å². The van der Waals surface area contributed by atoms with Gasteiger partial charge in [0, 0.05) is 12.6 Å². The van der Waals surface area contributed by atoms with Crippen molar-refractivity contribution >= 4 is 5.91 Å². The lowest BCUT2D eigenvalue weighted by atomic mass is 10.1. The smallest absolute Gasteiger partial charge is 0.272 e. The van der Waals surface area contributed by atoms with E-state index >= 15 is 0 Å². The molecule has 0 radical (unpaired) electrons. The van der Waals surface area contributed by atoms with E-state index in [0.29, 0.717) is 6.54 Å². The van der Waals surface area contributed by atoms with Gasteiger partial charge in [-0.1, -0.05) is 19.1 Å². The normalized spacial score (nSPS) is 12.0. The molecule has 1 atom stereocenters. The van der Waals surface area contributed by atoms with Gasteiger partial charge in [-0.05, 0) is 51.0 Å². The molecule has 0 saturated heterocycles. The van der Waals surface area contributed by atoms with Crippen molar-refractivity contribution in [2.24, 2.45) is 0 Å². The van der Waals surface area contributed by atoms with E-state index in [0.717, 1.165) is 17.7 Å². The second-order valence-electron chi connectivity index (χ2n) is 6.21. The lowest BCUT2D eigenvalue weighted by Crippen LogP contribution is -2.31. The summed E-state index contributed by atoms with van der Waals surface area (Å²) in [6, 6.07) is 10.3. The van der Waals surface area contributed by atoms with Crippen LogP contribution in [0.4, 0.5) is 0 Å². The van der Waals surface area contributed by atoms with Crippen molar-refractivity contribution in [1.82, 2.24) is 15.1 Å². The van der Waals surface area contributed by atoms with Gasteiger partial charge in [0.25, 0.3) is 11.5 Å². The number of nitrogens with zero attached hydrogens (tertiary/aromatic N) is 2. The molecule has 0 aliphatic rings. The van der Waals surface area contributed by atoms with Gasteiger partial charge in [0.2, 0.25) is 0 Å². The van der Waals surface area contributed by atoms with Crippen molar-refractivity contribution in [1.29, 1.82) is 0 Å². The van der Waals surface area contributed by atoms with E-state index in [9.17, 15) is 9.59 Å². The summed E-state index contributed by atoms with van der Waals surface area (Å²) in [6.07, 6.45) is 0.895. The van der Waals surface area contributed by atoms with E-state index in [1.54, 1.807) is 0 Å². The van der Waals surface area contributed by atoms with Crippen LogP contribution in [0.25, 0.3) is 0 Å². The van der Waals surface area contributed by atoms with E-state index in [1.807, 2.05) is 52.0 Å². The number of hydrogen-bond acceptors (Lipinski definition) is 4. The summed E-state index contributed by atoms with van der Waals surface area (Å²) in [5.41, 5.74) is 0.998. The zero-order valence-electron chi connectivity index (χ0n) is 15.2. The fraction of sp³-hybridized carbons (Fsp3) is 0.421. The summed E-state index contributed by atoms with van der Waals surface area (Å²) in [6.45, 7) is 8.30. The van der Waals surface area contributed by atoms with Crippen LogP contribution in [0.1, 0.15) is 56.2 Å². The number of carbonyl (C=O) groups excluding carboxylic acids is 1. The lowest BCUT2D eigenvalue weighted by molar-refractivity contribution is 0.0932. The number of rotatable bonds is 7. The Kier molecular flexibility index (Phi) is 6.33. The first-order valence-corrected chi connectivity index (χ1v) is 8.56. The highest BCUT2D eigenvalue weighted by Gasteiger charge is 2.14. The maximum absolute atomic E-state index is 12.4. The fourth-order valence-electron chi connectivity index (χ4n) is 2.40. The highest BCUT2D eigenvalue weighted by Crippen LogP contribution is 2.18. The summed E-state index contributed by atoms with van der Waals surface area (Å²) < 4.78 is 6.93. The van der Waals surface area contributed by atoms with Gasteiger partial charge in [0.05, 0.1) is 12.1 Å². The van der Waals surface area contributed by atoms with Gasteiger partial charge < -0.3 is 10.1 Å². The minimum atomic E-state index is -0.306. The summed E-state index contributed by atoms with van der Waals surface area (Å²) in [4.78, 5) is 24.1. The van der Waals surface area contributed by atoms with E-state index in [1.165, 1.54) is 16.8 Å². The van der Waals surface area contributed by atoms with Crippen LogP contribution >= 0.6 is 0 Å². The monoisotopic (exact) mass is 343 g/mol. The number of nitrogens with one attached hydrogen (secondary N) is 1. The van der Waals surface area contributed by atoms with Gasteiger partial charge in [-0.25, -0.2) is 4.68 Å². The highest BCUT2D eigenvalue weighted by molar-refractivity contribution is 5.92. The SMILES string of the molecule is CCCn1nc(C(=O)NC(C)c2ccc(OC(C)C)cc2)ccc1=O. The zero-order valence-corrected chi connectivity index (χ0v) is 15.2. The Morgan fingerprint density at radius 3 is 2.44 bits per heavy atom. The van der Waals surface area contributed by atoms with Crippen molar-refractivity contribution in [3.05, 3.63) is 58.0 Å². The van der Waals surface area contributed by atoms with Crippen molar-refractivity contribution in [2.75, 3.05) is 0 Å². The third-order valence-corrected chi connectivity index (χ3v) is 3.63. The van der Waals surface area contributed by atoms with Gasteiger partial charge in [0.15, 0.2) is 0 Å². The van der Waals surface area contributed by atoms with E-state index < -0.39 is 0 Å². The van der Waals surface area contributed by atoms with Crippen LogP contribution in [0.3, 0.4) is 0 Å². The molecule has 6 nitrogen and oxygen atoms in total. The van der Waals surface area contributed by atoms with E-state index in [-0.39, 0.29) is 29.3 Å². The number of carbonyl (C=O) groups is 1. The first-order chi connectivity index (χ1) is 11.9. The van der Waals surface area contributed by atoms with Gasteiger partial charge in [-0.2, -0.15) is 5.10 Å². The average molecular weight is 343 g/mol. The predicted octanol–water partition coefficient (Wildman–Crippen LogP) is 2.93. The third kappa shape index (κ3) is 5.17. The Morgan fingerprint density at radius 1 is 1.16 bits per heavy atom. The molecule has 1 N–H and O–H groups in total. The Labute approximate surface area is 147 Å². The number of amides is 1. The summed E-state index contributed by atoms with van der Waals surface area (Å²) in [5, 5.41) is 7.03. The quantitative estimate of drug-likeness (QED) is 0.839. The molecule has 0 aliphatic carbocycles. The molecular formula is C19H25N3O3. The summed E-state index contributed by atoms with van der Waals surface area (Å²) in [7, 11) is 0. The van der Waals surface area contributed by atoms with E-state index in [4.69, 9.17) is 4.74 Å². The molecule has 1 aromatic carbocycles. The number of ether oxygens (including phenoxy) is 1. The summed E-state index contributed by atoms with van der Waals surface area (Å²) >= 11 is 0. The van der Waals surface area contributed by atoms with E-state index in [2.05, 4.69) is 10.4 Å². The van der Waals surface area contributed by atoms with Gasteiger partial charge >= 0.3 is 0 Å². The third-order valence-electron chi connectivity index (χ3n) is 3.63. The molecule has 2 aromatic rings. The minimum Gasteiger partial charge on any atom is -0.491 e. The molecule has 0 aliphatic heterocycles. The molecule has 1 aromatic heterocycles. The van der Waals surface area contributed by atoms with Crippen molar-refractivity contribution in [3.8, 4) is 5.75 Å². The maximum atomic E-state index is 12.4. The van der Waals surface area contributed by atoms with Crippen molar-refractivity contribution < 1.29 is 9.53 Å². The van der Waals surface area contributed by atoms with Gasteiger partial charge in [0.1, 0.15) is 11.4 Å². The molecule has 1 unspecified atom stereocenters. The number of hydrogen-bond donors (Lipinski definition) is 1. The summed E-state index contributed by atoms with van der Waals surface area (Å²) in [5.74, 6) is 0.491. The second kappa shape index (κ2) is 8.46. The Bertz CT molecular complexity index is 766. The Hall–Kier alpha value is -2.63. The molecule has 0 saturated carbocycles. The van der Waals surface area contributed by atoms with Crippen LogP contribution in [0, 0.1) is 0 Å². The predicted molar refractivity (Wildman–Crippen MR) is 96.9 cm³/mol. The largest absolute Gasteiger partial charge is 0.491 e. The molecule has 0 spiro atoms. The topological polar surface area (TPSA) is 73.2 Å². The average Bonchev–Trinajstić information content (AvgIpc) is 2.57. The standard InChI is InChI=1S/C19H25N3O3/c1-5-12-22-18(23)11-10-17(21-22)19(24)20-14(4)15-6-8-16(9-7-15)25-13(2)3/h6-11,13-14H,5,12H2,1-4H3,(H,20,24). The van der Waals surface area contributed by atoms with Crippen LogP contribution in [0.15, 0.2) is 41.2 Å². The minimum absolute atomic E-state index is 0.118. The fourth-order valence-corrected chi connectivity index (χ4v) is 2.40. The molecule has 0 bridgehead atoms. The maximum Gasteiger partial charge on any atom is 0.272 e. The lowest BCUT2D eigenvalue weighted by Gasteiger charge is -2.16. The van der Waals surface area contributed by atoms with Gasteiger partial charge in [-0.15, -0.1) is 0 Å². The number of aryl methyl sites for hydroxylation is 1. The molecule has 1 heterocycles. The molecular weight excluding hydrogens is 318 g/mol. The zero-order chi connectivity index (χ0) is 18.4. The first-order valence-electron chi connectivity index (χ1n) is 8.56. The van der Waals surface area contributed by atoms with Gasteiger partial charge in [-0.3, -0.25) is 9.59 Å². The Balaban J connectivity index is 2.07. The molecule has 0 fully saturated rings. The number of aromatic nitrogens is 2. The van der Waals surface area contributed by atoms with Crippen LogP contribution in [0.5, 0.6) is 5.75 Å². The first kappa shape index (κ1) is 18.7. The number of benzene rings is 1. The molecule has 6 heteroatoms. The highest BCUT2D eigenvalue weighted by atomic mass is 16.5. The van der Waals surface area contributed by atoms with Crippen molar-refractivity contribution in [2.45, 2.75) is 52.8 Å². The molecule has 1 amide bonds. The molecule has 2 rings (SSSR count).